The van der Waals surface area contributed by atoms with Crippen LogP contribution in [0, 0.1) is 11.3 Å². The minimum absolute atomic E-state index is 0. The first-order valence-corrected chi connectivity index (χ1v) is 5.96. The predicted octanol–water partition coefficient (Wildman–Crippen LogP) is 4.82. The molecule has 0 radical (unpaired) electrons. The summed E-state index contributed by atoms with van der Waals surface area (Å²) < 4.78 is 0. The van der Waals surface area contributed by atoms with Crippen LogP contribution in [0.1, 0.15) is 69.2 Å². The Morgan fingerprint density at radius 1 is 0.812 bits per heavy atom. The summed E-state index contributed by atoms with van der Waals surface area (Å²) in [5.41, 5.74) is 0.868. The van der Waals surface area contributed by atoms with Gasteiger partial charge in [0.05, 0.1) is 0 Å². The molecule has 1 nitrogen and oxygen atoms in total. The summed E-state index contributed by atoms with van der Waals surface area (Å²) in [5, 5.41) is 0. The van der Waals surface area contributed by atoms with Crippen LogP contribution in [0.2, 0.25) is 0 Å². The topological polar surface area (TPSA) is 3.24 Å². The summed E-state index contributed by atoms with van der Waals surface area (Å²) in [5.74, 6) is 0.918. The van der Waals surface area contributed by atoms with E-state index in [4.69, 9.17) is 0 Å². The van der Waals surface area contributed by atoms with E-state index in [1.165, 1.54) is 25.9 Å². The van der Waals surface area contributed by atoms with Crippen molar-refractivity contribution in [2.45, 2.75) is 74.8 Å². The van der Waals surface area contributed by atoms with Gasteiger partial charge in [0.1, 0.15) is 0 Å². The third kappa shape index (κ3) is 4.86. The average molecular weight is 229 g/mol. The Morgan fingerprint density at radius 3 is 1.44 bits per heavy atom. The molecular weight excluding hydrogens is 194 g/mol. The van der Waals surface area contributed by atoms with Gasteiger partial charge in [0.25, 0.3) is 0 Å². The smallest absolute Gasteiger partial charge is 0.0125 e. The molecule has 0 amide bonds. The number of rotatable bonds is 0. The lowest BCUT2D eigenvalue weighted by Gasteiger charge is -2.44. The van der Waals surface area contributed by atoms with Crippen molar-refractivity contribution in [3.63, 3.8) is 0 Å². The molecular formula is C15H35N. The molecule has 0 spiro atoms. The van der Waals surface area contributed by atoms with Gasteiger partial charge < -0.3 is 0 Å². The summed E-state index contributed by atoms with van der Waals surface area (Å²) >= 11 is 0. The van der Waals surface area contributed by atoms with Crippen LogP contribution < -0.4 is 0 Å². The maximum Gasteiger partial charge on any atom is 0.0125 e. The zero-order valence-corrected chi connectivity index (χ0v) is 10.9. The van der Waals surface area contributed by atoms with Crippen LogP contribution >= 0.6 is 0 Å². The van der Waals surface area contributed by atoms with Crippen molar-refractivity contribution in [2.24, 2.45) is 11.3 Å². The Kier molecular flexibility index (Phi) is 6.93. The first kappa shape index (κ1) is 18.3. The van der Waals surface area contributed by atoms with Crippen LogP contribution in [0.5, 0.6) is 0 Å². The van der Waals surface area contributed by atoms with E-state index in [2.05, 4.69) is 46.4 Å². The molecule has 1 aliphatic rings. The quantitative estimate of drug-likeness (QED) is 0.576. The summed E-state index contributed by atoms with van der Waals surface area (Å²) in [6.07, 6.45) is 2.75. The second kappa shape index (κ2) is 6.05. The highest BCUT2D eigenvalue weighted by molar-refractivity contribution is 4.85. The highest BCUT2D eigenvalue weighted by Gasteiger charge is 2.32. The summed E-state index contributed by atoms with van der Waals surface area (Å²) in [6, 6.07) is 0. The van der Waals surface area contributed by atoms with E-state index in [-0.39, 0.29) is 14.9 Å². The van der Waals surface area contributed by atoms with E-state index >= 15 is 0 Å². The number of hydrogen-bond acceptors (Lipinski definition) is 1. The van der Waals surface area contributed by atoms with Gasteiger partial charge in [-0.1, -0.05) is 35.6 Å². The van der Waals surface area contributed by atoms with E-state index in [9.17, 15) is 0 Å². The monoisotopic (exact) mass is 229 g/mol. The molecule has 16 heavy (non-hydrogen) atoms. The molecule has 100 valence electrons. The molecule has 0 unspecified atom stereocenters. The van der Waals surface area contributed by atoms with E-state index in [0.717, 1.165) is 5.92 Å². The molecule has 0 aromatic carbocycles. The first-order valence-electron chi connectivity index (χ1n) is 5.96. The second-order valence-corrected chi connectivity index (χ2v) is 6.80. The van der Waals surface area contributed by atoms with Crippen LogP contribution in [-0.4, -0.2) is 23.5 Å². The fourth-order valence-corrected chi connectivity index (χ4v) is 2.42. The Labute approximate surface area is 105 Å². The first-order chi connectivity index (χ1) is 6.21. The maximum absolute atomic E-state index is 2.62. The van der Waals surface area contributed by atoms with Crippen molar-refractivity contribution in [1.29, 1.82) is 0 Å². The van der Waals surface area contributed by atoms with Crippen molar-refractivity contribution in [3.05, 3.63) is 0 Å². The van der Waals surface area contributed by atoms with Gasteiger partial charge in [-0.25, -0.2) is 0 Å². The van der Waals surface area contributed by atoms with Gasteiger partial charge in [0, 0.05) is 5.54 Å². The maximum atomic E-state index is 2.62. The zero-order chi connectivity index (χ0) is 11.0. The lowest BCUT2D eigenvalue weighted by Crippen LogP contribution is -2.47. The van der Waals surface area contributed by atoms with E-state index in [0.29, 0.717) is 11.0 Å². The van der Waals surface area contributed by atoms with Crippen LogP contribution in [0.25, 0.3) is 0 Å². The number of piperidine rings is 1. The van der Waals surface area contributed by atoms with Crippen LogP contribution in [0.15, 0.2) is 0 Å². The molecule has 0 atom stereocenters. The molecule has 0 aromatic rings. The van der Waals surface area contributed by atoms with Crippen molar-refractivity contribution >= 4 is 0 Å². The van der Waals surface area contributed by atoms with Gasteiger partial charge in [-0.15, -0.1) is 0 Å². The molecule has 0 aromatic heterocycles. The largest absolute Gasteiger partial charge is 0.298 e. The number of nitrogens with zero attached hydrogens (tertiary/aromatic N) is 1. The lowest BCUT2D eigenvalue weighted by atomic mass is 9.75. The Balaban J connectivity index is 0. The van der Waals surface area contributed by atoms with Crippen molar-refractivity contribution in [1.82, 2.24) is 4.90 Å². The van der Waals surface area contributed by atoms with Gasteiger partial charge >= 0.3 is 0 Å². The van der Waals surface area contributed by atoms with Crippen LogP contribution in [0.4, 0.5) is 0 Å². The minimum Gasteiger partial charge on any atom is -0.298 e. The highest BCUT2D eigenvalue weighted by atomic mass is 15.2. The minimum atomic E-state index is 0. The van der Waals surface area contributed by atoms with E-state index < -0.39 is 0 Å². The highest BCUT2D eigenvalue weighted by Crippen LogP contribution is 2.35. The zero-order valence-electron chi connectivity index (χ0n) is 10.9. The van der Waals surface area contributed by atoms with E-state index in [1.54, 1.807) is 0 Å². The molecule has 0 aliphatic carbocycles. The Hall–Kier alpha value is -0.0400. The van der Waals surface area contributed by atoms with Crippen molar-refractivity contribution in [2.75, 3.05) is 13.1 Å². The van der Waals surface area contributed by atoms with Gasteiger partial charge in [-0.2, -0.15) is 0 Å². The molecule has 1 heteroatoms. The molecule has 1 rings (SSSR count). The molecule has 1 saturated heterocycles. The lowest BCUT2D eigenvalue weighted by molar-refractivity contribution is 0.0532. The van der Waals surface area contributed by atoms with Crippen LogP contribution in [0.3, 0.4) is 0 Å². The van der Waals surface area contributed by atoms with Crippen LogP contribution in [-0.2, 0) is 0 Å². The summed E-state index contributed by atoms with van der Waals surface area (Å²) in [4.78, 5) is 2.62. The molecule has 0 N–H and O–H groups in total. The molecule has 0 saturated carbocycles. The summed E-state index contributed by atoms with van der Waals surface area (Å²) in [6.45, 7) is 16.7. The predicted molar refractivity (Wildman–Crippen MR) is 77.0 cm³/mol. The fraction of sp³-hybridized carbons (Fsp3) is 1.00. The Bertz CT molecular complexity index is 153. The molecule has 0 bridgehead atoms. The standard InChI is InChI=1S/C13H27N.2CH4/c1-12(2,3)11-7-9-14(10-8-11)13(4,5)6;;/h11H,7-10H2,1-6H3;2*1H4. The average Bonchev–Trinajstić information content (AvgIpc) is 2.01. The van der Waals surface area contributed by atoms with Gasteiger partial charge in [0.2, 0.25) is 0 Å². The number of likely N-dealkylation sites (tertiary alicyclic amines) is 1. The van der Waals surface area contributed by atoms with Crippen molar-refractivity contribution in [3.8, 4) is 0 Å². The molecule has 1 fully saturated rings. The fourth-order valence-electron chi connectivity index (χ4n) is 2.42. The van der Waals surface area contributed by atoms with Crippen molar-refractivity contribution < 1.29 is 0 Å². The third-order valence-electron chi connectivity index (χ3n) is 3.67. The van der Waals surface area contributed by atoms with E-state index in [1.807, 2.05) is 0 Å². The van der Waals surface area contributed by atoms with Gasteiger partial charge in [-0.3, -0.25) is 4.90 Å². The molecule has 1 aliphatic heterocycles. The Morgan fingerprint density at radius 2 is 1.19 bits per heavy atom. The normalized spacial score (nSPS) is 19.9. The third-order valence-corrected chi connectivity index (χ3v) is 3.67. The number of hydrogen-bond donors (Lipinski definition) is 0. The van der Waals surface area contributed by atoms with Gasteiger partial charge in [0.15, 0.2) is 0 Å². The van der Waals surface area contributed by atoms with Gasteiger partial charge in [-0.05, 0) is 58.0 Å². The second-order valence-electron chi connectivity index (χ2n) is 6.80. The summed E-state index contributed by atoms with van der Waals surface area (Å²) in [7, 11) is 0. The SMILES string of the molecule is C.C.CC(C)(C)C1CCN(C(C)(C)C)CC1. The molecule has 1 heterocycles.